The summed E-state index contributed by atoms with van der Waals surface area (Å²) in [7, 11) is 0. The molecule has 2 rings (SSSR count). The molecule has 108 valence electrons. The smallest absolute Gasteiger partial charge is 0.196 e. The van der Waals surface area contributed by atoms with Crippen molar-refractivity contribution < 1.29 is 9.90 Å². The standard InChI is InChI=1S/C13H10O2.C3H8.C2H6/c14-12-9-5-4-8-11(12)13(15)10-6-2-1-3-7-10;1-3-2;1-2/h1-9,14H;3H2,1-2H3;1-2H3. The summed E-state index contributed by atoms with van der Waals surface area (Å²) in [5, 5.41) is 9.52. The lowest BCUT2D eigenvalue weighted by Crippen LogP contribution is -2.00. The summed E-state index contributed by atoms with van der Waals surface area (Å²) < 4.78 is 0. The number of ketones is 1. The molecule has 0 spiro atoms. The number of phenolic OH excluding ortho intramolecular Hbond substituents is 1. The van der Waals surface area contributed by atoms with Crippen LogP contribution in [0.5, 0.6) is 5.75 Å². The minimum Gasteiger partial charge on any atom is -0.507 e. The second-order valence-corrected chi connectivity index (χ2v) is 3.92. The van der Waals surface area contributed by atoms with Gasteiger partial charge in [-0.1, -0.05) is 76.6 Å². The second-order valence-electron chi connectivity index (χ2n) is 3.92. The molecule has 0 saturated heterocycles. The van der Waals surface area contributed by atoms with Crippen LogP contribution in [-0.2, 0) is 0 Å². The zero-order valence-corrected chi connectivity index (χ0v) is 12.8. The Bertz CT molecular complexity index is 490. The number of para-hydroxylation sites is 1. The molecule has 0 aliphatic rings. The molecule has 0 aliphatic heterocycles. The molecule has 0 fully saturated rings. The Morgan fingerprint density at radius 1 is 0.900 bits per heavy atom. The highest BCUT2D eigenvalue weighted by atomic mass is 16.3. The largest absolute Gasteiger partial charge is 0.507 e. The number of carbonyl (C=O) groups excluding carboxylic acids is 1. The molecule has 2 heteroatoms. The average molecular weight is 272 g/mol. The zero-order valence-electron chi connectivity index (χ0n) is 12.8. The van der Waals surface area contributed by atoms with Gasteiger partial charge in [-0.15, -0.1) is 0 Å². The van der Waals surface area contributed by atoms with Crippen LogP contribution in [0.3, 0.4) is 0 Å². The van der Waals surface area contributed by atoms with Crippen molar-refractivity contribution in [2.24, 2.45) is 0 Å². The molecule has 20 heavy (non-hydrogen) atoms. The fourth-order valence-electron chi connectivity index (χ4n) is 1.41. The molecule has 0 radical (unpaired) electrons. The van der Waals surface area contributed by atoms with Crippen LogP contribution in [0.1, 0.15) is 50.0 Å². The van der Waals surface area contributed by atoms with Gasteiger partial charge in [0.2, 0.25) is 0 Å². The Hall–Kier alpha value is -2.09. The van der Waals surface area contributed by atoms with Crippen molar-refractivity contribution in [3.8, 4) is 5.75 Å². The number of hydrogen-bond acceptors (Lipinski definition) is 2. The van der Waals surface area contributed by atoms with Crippen LogP contribution in [0.15, 0.2) is 54.6 Å². The Balaban J connectivity index is 0.000000641. The maximum absolute atomic E-state index is 11.9. The first-order valence-electron chi connectivity index (χ1n) is 7.08. The van der Waals surface area contributed by atoms with E-state index in [1.165, 1.54) is 12.5 Å². The van der Waals surface area contributed by atoms with Gasteiger partial charge in [0.25, 0.3) is 0 Å². The summed E-state index contributed by atoms with van der Waals surface area (Å²) in [6, 6.07) is 15.5. The van der Waals surface area contributed by atoms with E-state index in [1.807, 2.05) is 19.9 Å². The number of hydrogen-bond donors (Lipinski definition) is 1. The summed E-state index contributed by atoms with van der Waals surface area (Å²) >= 11 is 0. The Morgan fingerprint density at radius 2 is 1.35 bits per heavy atom. The molecule has 0 aromatic heterocycles. The number of rotatable bonds is 2. The highest BCUT2D eigenvalue weighted by molar-refractivity contribution is 6.10. The zero-order chi connectivity index (χ0) is 15.4. The molecule has 2 nitrogen and oxygen atoms in total. The van der Waals surface area contributed by atoms with E-state index in [9.17, 15) is 9.90 Å². The Morgan fingerprint density at radius 3 is 1.85 bits per heavy atom. The molecule has 0 heterocycles. The average Bonchev–Trinajstić information content (AvgIpc) is 2.51. The van der Waals surface area contributed by atoms with Gasteiger partial charge >= 0.3 is 0 Å². The highest BCUT2D eigenvalue weighted by Gasteiger charge is 2.11. The van der Waals surface area contributed by atoms with E-state index in [-0.39, 0.29) is 11.5 Å². The van der Waals surface area contributed by atoms with E-state index in [0.29, 0.717) is 11.1 Å². The summed E-state index contributed by atoms with van der Waals surface area (Å²) in [5.74, 6) is -0.139. The van der Waals surface area contributed by atoms with E-state index >= 15 is 0 Å². The number of benzene rings is 2. The minimum atomic E-state index is -0.159. The third-order valence-corrected chi connectivity index (χ3v) is 2.18. The van der Waals surface area contributed by atoms with E-state index in [4.69, 9.17) is 0 Å². The fraction of sp³-hybridized carbons (Fsp3) is 0.278. The van der Waals surface area contributed by atoms with Gasteiger partial charge in [0.05, 0.1) is 5.56 Å². The lowest BCUT2D eigenvalue weighted by molar-refractivity contribution is 0.103. The van der Waals surface area contributed by atoms with Crippen molar-refractivity contribution >= 4 is 5.78 Å². The van der Waals surface area contributed by atoms with Crippen molar-refractivity contribution in [1.82, 2.24) is 0 Å². The Labute approximate surface area is 122 Å². The van der Waals surface area contributed by atoms with E-state index in [0.717, 1.165) is 0 Å². The van der Waals surface area contributed by atoms with Crippen LogP contribution >= 0.6 is 0 Å². The summed E-state index contributed by atoms with van der Waals surface area (Å²) in [4.78, 5) is 11.9. The highest BCUT2D eigenvalue weighted by Crippen LogP contribution is 2.19. The molecule has 1 N–H and O–H groups in total. The van der Waals surface area contributed by atoms with Crippen LogP contribution < -0.4 is 0 Å². The molecule has 0 amide bonds. The molecule has 2 aromatic rings. The molecule has 0 unspecified atom stereocenters. The summed E-state index contributed by atoms with van der Waals surface area (Å²) in [6.45, 7) is 8.25. The van der Waals surface area contributed by atoms with Crippen molar-refractivity contribution in [2.75, 3.05) is 0 Å². The SMILES string of the molecule is CC.CCC.O=C(c1ccccc1)c1ccccc1O. The van der Waals surface area contributed by atoms with Crippen molar-refractivity contribution in [1.29, 1.82) is 0 Å². The Kier molecular flexibility index (Phi) is 9.67. The molecular formula is C18H24O2. The quantitative estimate of drug-likeness (QED) is 0.775. The number of aromatic hydroxyl groups is 1. The third-order valence-electron chi connectivity index (χ3n) is 2.18. The van der Waals surface area contributed by atoms with E-state index in [2.05, 4.69) is 13.8 Å². The van der Waals surface area contributed by atoms with Crippen LogP contribution in [0.25, 0.3) is 0 Å². The lowest BCUT2D eigenvalue weighted by atomic mass is 10.0. The molecular weight excluding hydrogens is 248 g/mol. The van der Waals surface area contributed by atoms with Gasteiger partial charge in [-0.05, 0) is 12.1 Å². The maximum atomic E-state index is 11.9. The van der Waals surface area contributed by atoms with Crippen molar-refractivity contribution in [2.45, 2.75) is 34.1 Å². The lowest BCUT2D eigenvalue weighted by Gasteiger charge is -2.02. The van der Waals surface area contributed by atoms with Crippen LogP contribution in [-0.4, -0.2) is 10.9 Å². The molecule has 0 atom stereocenters. The third kappa shape index (κ3) is 5.70. The maximum Gasteiger partial charge on any atom is 0.196 e. The normalized spacial score (nSPS) is 8.60. The van der Waals surface area contributed by atoms with Crippen molar-refractivity contribution in [3.63, 3.8) is 0 Å². The first-order chi connectivity index (χ1) is 9.70. The monoisotopic (exact) mass is 272 g/mol. The molecule has 2 aromatic carbocycles. The van der Waals surface area contributed by atoms with Gasteiger partial charge in [-0.3, -0.25) is 4.79 Å². The minimum absolute atomic E-state index is 0.0198. The van der Waals surface area contributed by atoms with Gasteiger partial charge in [-0.2, -0.15) is 0 Å². The van der Waals surface area contributed by atoms with Crippen molar-refractivity contribution in [3.05, 3.63) is 65.7 Å². The van der Waals surface area contributed by atoms with Gasteiger partial charge < -0.3 is 5.11 Å². The first kappa shape index (κ1) is 17.9. The topological polar surface area (TPSA) is 37.3 Å². The van der Waals surface area contributed by atoms with E-state index < -0.39 is 0 Å². The second kappa shape index (κ2) is 10.8. The molecule has 0 saturated carbocycles. The predicted octanol–water partition coefficient (Wildman–Crippen LogP) is 5.07. The van der Waals surface area contributed by atoms with Gasteiger partial charge in [0.15, 0.2) is 5.78 Å². The van der Waals surface area contributed by atoms with Crippen LogP contribution in [0.4, 0.5) is 0 Å². The van der Waals surface area contributed by atoms with Crippen LogP contribution in [0, 0.1) is 0 Å². The number of carbonyl (C=O) groups is 1. The fourth-order valence-corrected chi connectivity index (χ4v) is 1.41. The first-order valence-corrected chi connectivity index (χ1v) is 7.08. The summed E-state index contributed by atoms with van der Waals surface area (Å²) in [5.41, 5.74) is 0.919. The van der Waals surface area contributed by atoms with Gasteiger partial charge in [0, 0.05) is 5.56 Å². The summed E-state index contributed by atoms with van der Waals surface area (Å²) in [6.07, 6.45) is 1.25. The van der Waals surface area contributed by atoms with Gasteiger partial charge in [-0.25, -0.2) is 0 Å². The molecule has 0 bridgehead atoms. The predicted molar refractivity (Wildman–Crippen MR) is 85.3 cm³/mol. The number of phenols is 1. The van der Waals surface area contributed by atoms with Gasteiger partial charge in [0.1, 0.15) is 5.75 Å². The van der Waals surface area contributed by atoms with Crippen LogP contribution in [0.2, 0.25) is 0 Å². The van der Waals surface area contributed by atoms with E-state index in [1.54, 1.807) is 42.5 Å². The molecule has 0 aliphatic carbocycles.